The van der Waals surface area contributed by atoms with Gasteiger partial charge in [-0.1, -0.05) is 15.9 Å². The Labute approximate surface area is 76.5 Å². The minimum Gasteiger partial charge on any atom is -0.207 e. The van der Waals surface area contributed by atoms with E-state index in [1.807, 2.05) is 0 Å². The van der Waals surface area contributed by atoms with Gasteiger partial charge in [0.1, 0.15) is 5.82 Å². The van der Waals surface area contributed by atoms with Gasteiger partial charge < -0.3 is 0 Å². The summed E-state index contributed by atoms with van der Waals surface area (Å²) in [5, 5.41) is 0. The van der Waals surface area contributed by atoms with Crippen LogP contribution in [0.25, 0.3) is 0 Å². The predicted molar refractivity (Wildman–Crippen MR) is 43.8 cm³/mol. The topological polar surface area (TPSA) is 0 Å². The van der Waals surface area contributed by atoms with Crippen LogP contribution in [-0.4, -0.2) is 0 Å². The van der Waals surface area contributed by atoms with Crippen LogP contribution in [-0.2, 0) is 0 Å². The average molecular weight is 239 g/mol. The number of benzene rings is 1. The number of hydrogen-bond donors (Lipinski definition) is 0. The molecule has 1 rings (SSSR count). The number of rotatable bonds is 1. The first kappa shape index (κ1) is 9.58. The van der Waals surface area contributed by atoms with Gasteiger partial charge in [-0.05, 0) is 24.6 Å². The van der Waals surface area contributed by atoms with Crippen molar-refractivity contribution in [2.75, 3.05) is 0 Å². The third kappa shape index (κ3) is 1.80. The Morgan fingerprint density at radius 3 is 2.42 bits per heavy atom. The first-order valence-electron chi connectivity index (χ1n) is 3.26. The summed E-state index contributed by atoms with van der Waals surface area (Å²) >= 11 is 2.86. The second-order valence-corrected chi connectivity index (χ2v) is 3.28. The Morgan fingerprint density at radius 2 is 1.92 bits per heavy atom. The fourth-order valence-corrected chi connectivity index (χ4v) is 1.34. The van der Waals surface area contributed by atoms with E-state index >= 15 is 0 Å². The van der Waals surface area contributed by atoms with Gasteiger partial charge in [-0.25, -0.2) is 13.2 Å². The van der Waals surface area contributed by atoms with E-state index in [1.165, 1.54) is 6.92 Å². The van der Waals surface area contributed by atoms with Crippen molar-refractivity contribution in [1.29, 1.82) is 0 Å². The zero-order valence-corrected chi connectivity index (χ0v) is 7.83. The molecule has 0 fully saturated rings. The highest BCUT2D eigenvalue weighted by Gasteiger charge is 2.13. The molecular weight excluding hydrogens is 233 g/mol. The molecule has 0 saturated carbocycles. The van der Waals surface area contributed by atoms with Gasteiger partial charge in [-0.15, -0.1) is 0 Å². The Balaban J connectivity index is 3.23. The summed E-state index contributed by atoms with van der Waals surface area (Å²) in [5.74, 6) is -0.480. The number of alkyl halides is 2. The van der Waals surface area contributed by atoms with E-state index in [0.717, 1.165) is 12.1 Å². The summed E-state index contributed by atoms with van der Waals surface area (Å²) in [6, 6.07) is 2.20. The Hall–Kier alpha value is -0.510. The Morgan fingerprint density at radius 1 is 1.33 bits per heavy atom. The standard InChI is InChI=1S/C8H6BrF3/c1-4-2-5(8(11)12)6(9)3-7(4)10/h2-3,8H,1H3. The fraction of sp³-hybridized carbons (Fsp3) is 0.250. The molecule has 12 heavy (non-hydrogen) atoms. The van der Waals surface area contributed by atoms with Gasteiger partial charge in [0.2, 0.25) is 0 Å². The van der Waals surface area contributed by atoms with Crippen molar-refractivity contribution in [2.24, 2.45) is 0 Å². The third-order valence-electron chi connectivity index (χ3n) is 1.51. The van der Waals surface area contributed by atoms with Crippen LogP contribution in [0.3, 0.4) is 0 Å². The number of hydrogen-bond acceptors (Lipinski definition) is 0. The maximum atomic E-state index is 12.7. The highest BCUT2D eigenvalue weighted by Crippen LogP contribution is 2.29. The quantitative estimate of drug-likeness (QED) is 0.698. The number of halogens is 4. The van der Waals surface area contributed by atoms with Gasteiger partial charge in [0.15, 0.2) is 0 Å². The highest BCUT2D eigenvalue weighted by molar-refractivity contribution is 9.10. The lowest BCUT2D eigenvalue weighted by molar-refractivity contribution is 0.150. The molecule has 0 aromatic heterocycles. The molecule has 66 valence electrons. The van der Waals surface area contributed by atoms with E-state index in [9.17, 15) is 13.2 Å². The minimum absolute atomic E-state index is 0.112. The van der Waals surface area contributed by atoms with Gasteiger partial charge >= 0.3 is 0 Å². The molecular formula is C8H6BrF3. The van der Waals surface area contributed by atoms with Crippen molar-refractivity contribution < 1.29 is 13.2 Å². The van der Waals surface area contributed by atoms with E-state index in [4.69, 9.17) is 0 Å². The SMILES string of the molecule is Cc1cc(C(F)F)c(Br)cc1F. The molecule has 1 aromatic rings. The van der Waals surface area contributed by atoms with Crippen molar-refractivity contribution in [3.8, 4) is 0 Å². The molecule has 1 aromatic carbocycles. The van der Waals surface area contributed by atoms with Crippen LogP contribution in [0, 0.1) is 12.7 Å². The molecule has 0 heterocycles. The van der Waals surface area contributed by atoms with Crippen LogP contribution in [0.2, 0.25) is 0 Å². The highest BCUT2D eigenvalue weighted by atomic mass is 79.9. The Kier molecular flexibility index (Phi) is 2.77. The lowest BCUT2D eigenvalue weighted by atomic mass is 10.1. The van der Waals surface area contributed by atoms with Crippen molar-refractivity contribution >= 4 is 15.9 Å². The summed E-state index contributed by atoms with van der Waals surface area (Å²) in [6.45, 7) is 1.45. The van der Waals surface area contributed by atoms with Crippen molar-refractivity contribution in [2.45, 2.75) is 13.3 Å². The van der Waals surface area contributed by atoms with E-state index in [0.29, 0.717) is 0 Å². The zero-order chi connectivity index (χ0) is 9.30. The molecule has 4 heteroatoms. The van der Waals surface area contributed by atoms with Crippen molar-refractivity contribution in [3.05, 3.63) is 33.5 Å². The van der Waals surface area contributed by atoms with Gasteiger partial charge in [0, 0.05) is 10.0 Å². The summed E-state index contributed by atoms with van der Waals surface area (Å²) in [7, 11) is 0. The van der Waals surface area contributed by atoms with Crippen LogP contribution < -0.4 is 0 Å². The first-order chi connectivity index (χ1) is 5.52. The first-order valence-corrected chi connectivity index (χ1v) is 4.05. The molecule has 0 bridgehead atoms. The van der Waals surface area contributed by atoms with Crippen LogP contribution in [0.1, 0.15) is 17.6 Å². The summed E-state index contributed by atoms with van der Waals surface area (Å²) < 4.78 is 37.2. The number of aryl methyl sites for hydroxylation is 1. The van der Waals surface area contributed by atoms with Gasteiger partial charge in [0.05, 0.1) is 0 Å². The molecule has 0 saturated heterocycles. The molecule has 0 aliphatic carbocycles. The lowest BCUT2D eigenvalue weighted by Crippen LogP contribution is -1.90. The van der Waals surface area contributed by atoms with Gasteiger partial charge in [-0.3, -0.25) is 0 Å². The normalized spacial score (nSPS) is 10.8. The molecule has 0 unspecified atom stereocenters. The van der Waals surface area contributed by atoms with E-state index in [1.54, 1.807) is 0 Å². The predicted octanol–water partition coefficient (Wildman–Crippen LogP) is 3.83. The maximum absolute atomic E-state index is 12.7. The van der Waals surface area contributed by atoms with Crippen LogP contribution in [0.4, 0.5) is 13.2 Å². The second-order valence-electron chi connectivity index (χ2n) is 2.42. The smallest absolute Gasteiger partial charge is 0.207 e. The molecule has 0 atom stereocenters. The zero-order valence-electron chi connectivity index (χ0n) is 6.24. The molecule has 0 amide bonds. The van der Waals surface area contributed by atoms with Crippen LogP contribution >= 0.6 is 15.9 Å². The van der Waals surface area contributed by atoms with Crippen LogP contribution in [0.5, 0.6) is 0 Å². The summed E-state index contributed by atoms with van der Waals surface area (Å²) in [6.07, 6.45) is -2.57. The third-order valence-corrected chi connectivity index (χ3v) is 2.20. The van der Waals surface area contributed by atoms with Crippen molar-refractivity contribution in [1.82, 2.24) is 0 Å². The second kappa shape index (κ2) is 3.47. The largest absolute Gasteiger partial charge is 0.264 e. The summed E-state index contributed by atoms with van der Waals surface area (Å²) in [4.78, 5) is 0. The molecule has 0 spiro atoms. The Bertz CT molecular complexity index is 297. The molecule has 0 nitrogen and oxygen atoms in total. The van der Waals surface area contributed by atoms with E-state index < -0.39 is 12.2 Å². The lowest BCUT2D eigenvalue weighted by Gasteiger charge is -2.04. The monoisotopic (exact) mass is 238 g/mol. The van der Waals surface area contributed by atoms with Crippen LogP contribution in [0.15, 0.2) is 16.6 Å². The van der Waals surface area contributed by atoms with Gasteiger partial charge in [-0.2, -0.15) is 0 Å². The molecule has 0 aliphatic heterocycles. The van der Waals surface area contributed by atoms with E-state index in [2.05, 4.69) is 15.9 Å². The maximum Gasteiger partial charge on any atom is 0.264 e. The fourth-order valence-electron chi connectivity index (χ4n) is 0.847. The molecule has 0 aliphatic rings. The van der Waals surface area contributed by atoms with E-state index in [-0.39, 0.29) is 15.6 Å². The van der Waals surface area contributed by atoms with Gasteiger partial charge in [0.25, 0.3) is 6.43 Å². The molecule has 0 radical (unpaired) electrons. The van der Waals surface area contributed by atoms with Crippen molar-refractivity contribution in [3.63, 3.8) is 0 Å². The molecule has 0 N–H and O–H groups in total. The summed E-state index contributed by atoms with van der Waals surface area (Å²) in [5.41, 5.74) is 0.0578. The average Bonchev–Trinajstić information content (AvgIpc) is 1.96. The minimum atomic E-state index is -2.57.